The number of rotatable bonds is 7. The molecule has 0 saturated carbocycles. The molecule has 0 saturated heterocycles. The summed E-state index contributed by atoms with van der Waals surface area (Å²) < 4.78 is 52.1. The van der Waals surface area contributed by atoms with Crippen LogP contribution in [0.25, 0.3) is 0 Å². The van der Waals surface area contributed by atoms with Crippen LogP contribution in [-0.2, 0) is 35.7 Å². The number of sulfonamides is 1. The van der Waals surface area contributed by atoms with Gasteiger partial charge in [0.1, 0.15) is 17.7 Å². The molecule has 28 heavy (non-hydrogen) atoms. The van der Waals surface area contributed by atoms with E-state index in [0.717, 1.165) is 6.07 Å². The van der Waals surface area contributed by atoms with Crippen LogP contribution in [0.1, 0.15) is 45.6 Å². The molecule has 1 aliphatic rings. The maximum Gasteiger partial charge on any atom is 0.335 e. The van der Waals surface area contributed by atoms with E-state index in [9.17, 15) is 22.4 Å². The normalized spacial score (nSPS) is 17.0. The molecule has 0 fully saturated rings. The van der Waals surface area contributed by atoms with Gasteiger partial charge >= 0.3 is 11.9 Å². The van der Waals surface area contributed by atoms with E-state index in [-0.39, 0.29) is 30.4 Å². The number of benzene rings is 1. The number of allylic oxidation sites excluding steroid dienone is 1. The van der Waals surface area contributed by atoms with E-state index < -0.39 is 33.0 Å². The Labute approximate surface area is 164 Å². The molecule has 1 unspecified atom stereocenters. The van der Waals surface area contributed by atoms with Crippen molar-refractivity contribution in [1.82, 2.24) is 0 Å². The summed E-state index contributed by atoms with van der Waals surface area (Å²) in [6, 6.07) is 3.80. The number of hydrogen-bond donors (Lipinski definition) is 1. The summed E-state index contributed by atoms with van der Waals surface area (Å²) in [6.07, 6.45) is 2.59. The summed E-state index contributed by atoms with van der Waals surface area (Å²) in [5.74, 6) is -1.99. The first-order valence-corrected chi connectivity index (χ1v) is 10.5. The van der Waals surface area contributed by atoms with E-state index in [4.69, 9.17) is 9.47 Å². The molecule has 0 radical (unpaired) electrons. The van der Waals surface area contributed by atoms with E-state index in [1.54, 1.807) is 19.9 Å². The van der Waals surface area contributed by atoms with Crippen LogP contribution in [0, 0.1) is 5.82 Å². The fraction of sp³-hybridized carbons (Fsp3) is 0.474. The van der Waals surface area contributed by atoms with Gasteiger partial charge in [-0.2, -0.15) is 0 Å². The first-order valence-electron chi connectivity index (χ1n) is 8.94. The zero-order valence-corrected chi connectivity index (χ0v) is 16.8. The number of carbonyl (C=O) groups excluding carboxylic acids is 2. The molecule has 0 heterocycles. The van der Waals surface area contributed by atoms with Gasteiger partial charge in [-0.25, -0.2) is 17.6 Å². The molecule has 1 N–H and O–H groups in total. The molecule has 1 aromatic carbocycles. The van der Waals surface area contributed by atoms with Gasteiger partial charge in [0.15, 0.2) is 0 Å². The number of carbonyl (C=O) groups is 2. The molecular weight excluding hydrogens is 389 g/mol. The highest BCUT2D eigenvalue weighted by atomic mass is 32.2. The topological polar surface area (TPSA) is 98.8 Å². The number of esters is 2. The number of hydrogen-bond acceptors (Lipinski definition) is 6. The third-order valence-corrected chi connectivity index (χ3v) is 5.81. The van der Waals surface area contributed by atoms with Gasteiger partial charge in [-0.3, -0.25) is 9.52 Å². The summed E-state index contributed by atoms with van der Waals surface area (Å²) >= 11 is 0. The molecule has 0 spiro atoms. The van der Waals surface area contributed by atoms with Crippen molar-refractivity contribution in [2.45, 2.75) is 58.0 Å². The van der Waals surface area contributed by atoms with Crippen molar-refractivity contribution in [2.75, 3.05) is 4.72 Å². The van der Waals surface area contributed by atoms with Gasteiger partial charge in [0, 0.05) is 6.92 Å². The van der Waals surface area contributed by atoms with Crippen molar-refractivity contribution in [1.29, 1.82) is 0 Å². The van der Waals surface area contributed by atoms with Crippen molar-refractivity contribution < 1.29 is 31.9 Å². The monoisotopic (exact) mass is 413 g/mol. The zero-order chi connectivity index (χ0) is 20.9. The smallest absolute Gasteiger partial charge is 0.335 e. The number of ether oxygens (including phenoxy) is 2. The van der Waals surface area contributed by atoms with Gasteiger partial charge in [0.05, 0.1) is 17.4 Å². The van der Waals surface area contributed by atoms with Crippen molar-refractivity contribution in [3.63, 3.8) is 0 Å². The third-order valence-electron chi connectivity index (χ3n) is 4.06. The van der Waals surface area contributed by atoms with E-state index in [1.165, 1.54) is 19.1 Å². The summed E-state index contributed by atoms with van der Waals surface area (Å²) in [5, 5.41) is -1.12. The molecule has 0 aliphatic heterocycles. The lowest BCUT2D eigenvalue weighted by Gasteiger charge is -2.24. The Balaban J connectivity index is 2.20. The largest absolute Gasteiger partial charge is 0.461 e. The minimum absolute atomic E-state index is 0.0688. The van der Waals surface area contributed by atoms with Gasteiger partial charge in [-0.1, -0.05) is 12.1 Å². The lowest BCUT2D eigenvalue weighted by molar-refractivity contribution is -0.143. The maximum absolute atomic E-state index is 14.3. The van der Waals surface area contributed by atoms with Gasteiger partial charge < -0.3 is 9.47 Å². The van der Waals surface area contributed by atoms with Crippen molar-refractivity contribution in [3.8, 4) is 0 Å². The van der Waals surface area contributed by atoms with Gasteiger partial charge in [0.2, 0.25) is 10.0 Å². The molecule has 0 aromatic heterocycles. The quantitative estimate of drug-likeness (QED) is 0.690. The van der Waals surface area contributed by atoms with E-state index in [0.29, 0.717) is 18.4 Å². The second-order valence-corrected chi connectivity index (χ2v) is 8.64. The minimum Gasteiger partial charge on any atom is -0.461 e. The third kappa shape index (κ3) is 5.79. The molecule has 1 aliphatic carbocycles. The highest BCUT2D eigenvalue weighted by molar-refractivity contribution is 7.93. The lowest BCUT2D eigenvalue weighted by Crippen LogP contribution is -2.35. The Morgan fingerprint density at radius 2 is 2.04 bits per heavy atom. The summed E-state index contributed by atoms with van der Waals surface area (Å²) in [4.78, 5) is 23.1. The molecule has 0 amide bonds. The maximum atomic E-state index is 14.3. The van der Waals surface area contributed by atoms with Crippen LogP contribution in [0.2, 0.25) is 0 Å². The van der Waals surface area contributed by atoms with Crippen LogP contribution >= 0.6 is 0 Å². The fourth-order valence-electron chi connectivity index (χ4n) is 2.81. The first-order chi connectivity index (χ1) is 13.1. The highest BCUT2D eigenvalue weighted by Gasteiger charge is 2.35. The molecule has 0 bridgehead atoms. The van der Waals surface area contributed by atoms with Crippen LogP contribution in [0.5, 0.6) is 0 Å². The molecule has 154 valence electrons. The minimum atomic E-state index is -4.07. The zero-order valence-electron chi connectivity index (χ0n) is 16.0. The Morgan fingerprint density at radius 3 is 2.64 bits per heavy atom. The average molecular weight is 413 g/mol. The Kier molecular flexibility index (Phi) is 7.17. The van der Waals surface area contributed by atoms with Crippen LogP contribution < -0.4 is 4.72 Å². The molecule has 7 nitrogen and oxygen atoms in total. The number of halogens is 1. The van der Waals surface area contributed by atoms with Crippen LogP contribution in [0.4, 0.5) is 10.1 Å². The summed E-state index contributed by atoms with van der Waals surface area (Å²) in [6.45, 7) is 4.47. The second kappa shape index (κ2) is 9.18. The SMILES string of the molecule is CC(=O)OCc1ccc(NS(=O)(=O)C2CCCC=C2C(=O)OC(C)C)c(F)c1. The summed E-state index contributed by atoms with van der Waals surface area (Å²) in [5.41, 5.74) is 0.211. The predicted octanol–water partition coefficient (Wildman–Crippen LogP) is 3.06. The Morgan fingerprint density at radius 1 is 1.32 bits per heavy atom. The number of anilines is 1. The van der Waals surface area contributed by atoms with E-state index in [2.05, 4.69) is 4.72 Å². The predicted molar refractivity (Wildman–Crippen MR) is 101 cm³/mol. The molecular formula is C19H24FNO6S. The fourth-order valence-corrected chi connectivity index (χ4v) is 4.43. The van der Waals surface area contributed by atoms with E-state index in [1.807, 2.05) is 0 Å². The lowest BCUT2D eigenvalue weighted by atomic mass is 9.99. The average Bonchev–Trinajstić information content (AvgIpc) is 2.61. The highest BCUT2D eigenvalue weighted by Crippen LogP contribution is 2.28. The van der Waals surface area contributed by atoms with Crippen molar-refractivity contribution in [3.05, 3.63) is 41.2 Å². The standard InChI is InChI=1S/C19H24FNO6S/c1-12(2)27-19(23)15-6-4-5-7-18(15)28(24,25)21-17-9-8-14(10-16(17)20)11-26-13(3)22/h6,8-10,12,18,21H,4-5,7,11H2,1-3H3. The van der Waals surface area contributed by atoms with Gasteiger partial charge in [0.25, 0.3) is 0 Å². The van der Waals surface area contributed by atoms with Crippen LogP contribution in [0.3, 0.4) is 0 Å². The van der Waals surface area contributed by atoms with Gasteiger partial charge in [-0.15, -0.1) is 0 Å². The molecule has 1 atom stereocenters. The first kappa shape index (κ1) is 21.9. The van der Waals surface area contributed by atoms with Crippen molar-refractivity contribution in [2.24, 2.45) is 0 Å². The van der Waals surface area contributed by atoms with Crippen LogP contribution in [0.15, 0.2) is 29.8 Å². The van der Waals surface area contributed by atoms with Crippen LogP contribution in [-0.4, -0.2) is 31.7 Å². The Hall–Kier alpha value is -2.42. The number of nitrogens with one attached hydrogen (secondary N) is 1. The molecule has 1 aromatic rings. The van der Waals surface area contributed by atoms with Crippen molar-refractivity contribution >= 4 is 27.6 Å². The second-order valence-electron chi connectivity index (χ2n) is 6.77. The van der Waals surface area contributed by atoms with Gasteiger partial charge in [-0.05, 0) is 50.8 Å². The molecule has 9 heteroatoms. The van der Waals surface area contributed by atoms with E-state index >= 15 is 0 Å². The molecule has 2 rings (SSSR count). The summed E-state index contributed by atoms with van der Waals surface area (Å²) in [7, 11) is -4.07. The Bertz CT molecular complexity index is 878.